The Balaban J connectivity index is 1.79. The summed E-state index contributed by atoms with van der Waals surface area (Å²) in [5.41, 5.74) is 1.46. The van der Waals surface area contributed by atoms with E-state index >= 15 is 0 Å². The summed E-state index contributed by atoms with van der Waals surface area (Å²) < 4.78 is 0.892. The lowest BCUT2D eigenvalue weighted by molar-refractivity contribution is 0.102. The van der Waals surface area contributed by atoms with Gasteiger partial charge in [0, 0.05) is 24.4 Å². The third kappa shape index (κ3) is 2.78. The predicted octanol–water partition coefficient (Wildman–Crippen LogP) is 3.41. The van der Waals surface area contributed by atoms with Crippen LogP contribution in [0.1, 0.15) is 20.9 Å². The lowest BCUT2D eigenvalue weighted by Gasteiger charge is -2.09. The summed E-state index contributed by atoms with van der Waals surface area (Å²) in [5.74, 6) is -0.271. The van der Waals surface area contributed by atoms with E-state index in [1.807, 2.05) is 0 Å². The van der Waals surface area contributed by atoms with Gasteiger partial charge in [-0.05, 0) is 6.07 Å². The highest BCUT2D eigenvalue weighted by molar-refractivity contribution is 7.20. The molecular weight excluding hydrogens is 325 g/mol. The number of nitrogens with zero attached hydrogens (tertiary/aromatic N) is 1. The van der Waals surface area contributed by atoms with E-state index in [0.29, 0.717) is 19.4 Å². The van der Waals surface area contributed by atoms with Gasteiger partial charge in [0.2, 0.25) is 0 Å². The van der Waals surface area contributed by atoms with E-state index in [1.54, 1.807) is 6.07 Å². The molecule has 2 aromatic rings. The SMILES string of the molecule is O=C(Nc1nc2c(s1)CNCC2)c1cc(Cl)sc1Cl. The van der Waals surface area contributed by atoms with Gasteiger partial charge in [-0.15, -0.1) is 22.7 Å². The van der Waals surface area contributed by atoms with Crippen LogP contribution in [0.25, 0.3) is 0 Å². The monoisotopic (exact) mass is 333 g/mol. The maximum atomic E-state index is 12.1. The lowest BCUT2D eigenvalue weighted by atomic mass is 10.2. The van der Waals surface area contributed by atoms with Gasteiger partial charge in [-0.2, -0.15) is 0 Å². The van der Waals surface area contributed by atoms with E-state index in [-0.39, 0.29) is 5.91 Å². The second-order valence-corrected chi connectivity index (χ2v) is 7.38. The van der Waals surface area contributed by atoms with Crippen LogP contribution in [0.4, 0.5) is 5.13 Å². The molecule has 100 valence electrons. The van der Waals surface area contributed by atoms with Crippen molar-refractivity contribution in [2.75, 3.05) is 11.9 Å². The molecular formula is C11H9Cl2N3OS2. The van der Waals surface area contributed by atoms with Crippen molar-refractivity contribution in [3.63, 3.8) is 0 Å². The smallest absolute Gasteiger partial charge is 0.259 e. The number of hydrogen-bond acceptors (Lipinski definition) is 5. The van der Waals surface area contributed by atoms with Crippen molar-refractivity contribution in [1.29, 1.82) is 0 Å². The molecule has 3 heterocycles. The molecule has 1 aliphatic heterocycles. The largest absolute Gasteiger partial charge is 0.311 e. The molecule has 0 aliphatic carbocycles. The molecule has 0 bridgehead atoms. The third-order valence-electron chi connectivity index (χ3n) is 2.72. The Hall–Kier alpha value is -0.660. The van der Waals surface area contributed by atoms with Gasteiger partial charge in [0.05, 0.1) is 15.6 Å². The molecule has 0 unspecified atom stereocenters. The zero-order chi connectivity index (χ0) is 13.4. The van der Waals surface area contributed by atoms with Crippen molar-refractivity contribution in [3.8, 4) is 0 Å². The number of nitrogens with one attached hydrogen (secondary N) is 2. The minimum atomic E-state index is -0.271. The van der Waals surface area contributed by atoms with Crippen LogP contribution in [0, 0.1) is 0 Å². The maximum Gasteiger partial charge on any atom is 0.259 e. The normalized spacial score (nSPS) is 14.2. The van der Waals surface area contributed by atoms with Crippen molar-refractivity contribution >= 4 is 56.9 Å². The van der Waals surface area contributed by atoms with Crippen molar-refractivity contribution in [3.05, 3.63) is 30.9 Å². The summed E-state index contributed by atoms with van der Waals surface area (Å²) in [6, 6.07) is 1.57. The number of thiophene rings is 1. The molecule has 0 radical (unpaired) electrons. The summed E-state index contributed by atoms with van der Waals surface area (Å²) in [6.07, 6.45) is 0.896. The zero-order valence-electron chi connectivity index (χ0n) is 9.63. The Morgan fingerprint density at radius 1 is 1.42 bits per heavy atom. The van der Waals surface area contributed by atoms with E-state index in [9.17, 15) is 4.79 Å². The fraction of sp³-hybridized carbons (Fsp3) is 0.273. The lowest BCUT2D eigenvalue weighted by Crippen LogP contribution is -2.22. The van der Waals surface area contributed by atoms with Crippen LogP contribution in [0.5, 0.6) is 0 Å². The summed E-state index contributed by atoms with van der Waals surface area (Å²) in [5, 5.41) is 6.65. The summed E-state index contributed by atoms with van der Waals surface area (Å²) in [6.45, 7) is 1.74. The molecule has 1 aliphatic rings. The Morgan fingerprint density at radius 2 is 2.26 bits per heavy atom. The van der Waals surface area contributed by atoms with Gasteiger partial charge < -0.3 is 5.32 Å². The van der Waals surface area contributed by atoms with Crippen molar-refractivity contribution in [2.45, 2.75) is 13.0 Å². The number of thiazole rings is 1. The van der Waals surface area contributed by atoms with Gasteiger partial charge in [-0.25, -0.2) is 4.98 Å². The van der Waals surface area contributed by atoms with Crippen LogP contribution in [0.15, 0.2) is 6.07 Å². The Labute approximate surface area is 127 Å². The summed E-state index contributed by atoms with van der Waals surface area (Å²) >= 11 is 14.5. The van der Waals surface area contributed by atoms with Gasteiger partial charge in [-0.3, -0.25) is 10.1 Å². The molecule has 0 saturated heterocycles. The molecule has 0 saturated carbocycles. The van der Waals surface area contributed by atoms with Crippen LogP contribution in [-0.4, -0.2) is 17.4 Å². The van der Waals surface area contributed by atoms with E-state index < -0.39 is 0 Å². The fourth-order valence-electron chi connectivity index (χ4n) is 1.84. The molecule has 2 N–H and O–H groups in total. The number of aromatic nitrogens is 1. The van der Waals surface area contributed by atoms with Gasteiger partial charge in [0.1, 0.15) is 4.34 Å². The molecule has 0 fully saturated rings. The Morgan fingerprint density at radius 3 is 2.95 bits per heavy atom. The number of rotatable bonds is 2. The molecule has 2 aromatic heterocycles. The van der Waals surface area contributed by atoms with Crippen molar-refractivity contribution in [1.82, 2.24) is 10.3 Å². The molecule has 3 rings (SSSR count). The first-order chi connectivity index (χ1) is 9.13. The second kappa shape index (κ2) is 5.38. The Bertz CT molecular complexity index is 614. The standard InChI is InChI=1S/C11H9Cl2N3OS2/c12-8-3-5(9(13)19-8)10(17)16-11-15-6-1-2-14-4-7(6)18-11/h3,14H,1-2,4H2,(H,15,16,17). The highest BCUT2D eigenvalue weighted by atomic mass is 35.5. The van der Waals surface area contributed by atoms with Crippen LogP contribution in [0.2, 0.25) is 8.67 Å². The van der Waals surface area contributed by atoms with Crippen molar-refractivity contribution in [2.24, 2.45) is 0 Å². The van der Waals surface area contributed by atoms with Gasteiger partial charge in [0.15, 0.2) is 5.13 Å². The highest BCUT2D eigenvalue weighted by Crippen LogP contribution is 2.32. The number of halogens is 2. The minimum absolute atomic E-state index is 0.271. The van der Waals surface area contributed by atoms with Crippen LogP contribution in [-0.2, 0) is 13.0 Å². The third-order valence-corrected chi connectivity index (χ3v) is 5.22. The zero-order valence-corrected chi connectivity index (χ0v) is 12.8. The average Bonchev–Trinajstić information content (AvgIpc) is 2.91. The second-order valence-electron chi connectivity index (χ2n) is 4.01. The van der Waals surface area contributed by atoms with Gasteiger partial charge in [0.25, 0.3) is 5.91 Å². The van der Waals surface area contributed by atoms with E-state index in [1.165, 1.54) is 27.6 Å². The highest BCUT2D eigenvalue weighted by Gasteiger charge is 2.19. The number of anilines is 1. The number of amides is 1. The van der Waals surface area contributed by atoms with Gasteiger partial charge >= 0.3 is 0 Å². The molecule has 19 heavy (non-hydrogen) atoms. The van der Waals surface area contributed by atoms with Crippen LogP contribution < -0.4 is 10.6 Å². The topological polar surface area (TPSA) is 54.0 Å². The minimum Gasteiger partial charge on any atom is -0.311 e. The van der Waals surface area contributed by atoms with Crippen LogP contribution in [0.3, 0.4) is 0 Å². The predicted molar refractivity (Wildman–Crippen MR) is 79.8 cm³/mol. The van der Waals surface area contributed by atoms with Crippen molar-refractivity contribution < 1.29 is 4.79 Å². The molecule has 1 amide bonds. The molecule has 4 nitrogen and oxygen atoms in total. The average molecular weight is 334 g/mol. The van der Waals surface area contributed by atoms with Crippen LogP contribution >= 0.6 is 45.9 Å². The number of fused-ring (bicyclic) bond motifs is 1. The van der Waals surface area contributed by atoms with Gasteiger partial charge in [-0.1, -0.05) is 23.2 Å². The molecule has 8 heteroatoms. The molecule has 0 atom stereocenters. The molecule has 0 aromatic carbocycles. The number of carbonyl (C=O) groups excluding carboxylic acids is 1. The first-order valence-electron chi connectivity index (χ1n) is 5.59. The summed E-state index contributed by atoms with van der Waals surface area (Å²) in [7, 11) is 0. The fourth-order valence-corrected chi connectivity index (χ4v) is 4.27. The number of carbonyl (C=O) groups is 1. The van der Waals surface area contributed by atoms with E-state index in [4.69, 9.17) is 23.2 Å². The first-order valence-corrected chi connectivity index (χ1v) is 7.98. The molecule has 0 spiro atoms. The Kier molecular flexibility index (Phi) is 3.77. The maximum absolute atomic E-state index is 12.1. The quantitative estimate of drug-likeness (QED) is 0.885. The first kappa shape index (κ1) is 13.3. The van der Waals surface area contributed by atoms with E-state index in [2.05, 4.69) is 15.6 Å². The number of hydrogen-bond donors (Lipinski definition) is 2. The van der Waals surface area contributed by atoms with E-state index in [0.717, 1.165) is 25.2 Å². The summed E-state index contributed by atoms with van der Waals surface area (Å²) in [4.78, 5) is 17.7.